The van der Waals surface area contributed by atoms with E-state index in [1.165, 1.54) is 0 Å². The van der Waals surface area contributed by atoms with Crippen molar-refractivity contribution < 1.29 is 9.90 Å². The van der Waals surface area contributed by atoms with Crippen LogP contribution in [0.2, 0.25) is 0 Å². The van der Waals surface area contributed by atoms with Crippen LogP contribution in [-0.2, 0) is 4.79 Å². The third-order valence-corrected chi connectivity index (χ3v) is 2.22. The van der Waals surface area contributed by atoms with Crippen LogP contribution in [0.25, 0.3) is 0 Å². The lowest BCUT2D eigenvalue weighted by Gasteiger charge is -2.16. The van der Waals surface area contributed by atoms with Crippen LogP contribution in [0.15, 0.2) is 12.2 Å². The molecule has 0 aromatic carbocycles. The Morgan fingerprint density at radius 2 is 2.00 bits per heavy atom. The highest BCUT2D eigenvalue weighted by Crippen LogP contribution is 2.54. The molecule has 0 radical (unpaired) electrons. The quantitative estimate of drug-likeness (QED) is 0.586. The van der Waals surface area contributed by atoms with Gasteiger partial charge in [-0.05, 0) is 5.41 Å². The minimum atomic E-state index is -0.727. The van der Waals surface area contributed by atoms with Crippen molar-refractivity contribution in [1.82, 2.24) is 0 Å². The summed E-state index contributed by atoms with van der Waals surface area (Å²) in [6.45, 7) is 9.88. The summed E-state index contributed by atoms with van der Waals surface area (Å²) in [6.07, 6.45) is 0. The summed E-state index contributed by atoms with van der Waals surface area (Å²) in [5.74, 6) is -0.829. The summed E-state index contributed by atoms with van der Waals surface area (Å²) in [6, 6.07) is 0. The van der Waals surface area contributed by atoms with Crippen LogP contribution < -0.4 is 0 Å². The van der Waals surface area contributed by atoms with Gasteiger partial charge in [0.15, 0.2) is 0 Å². The molecule has 1 aliphatic carbocycles. The largest absolute Gasteiger partial charge is 0.481 e. The number of carbonyl (C=O) groups is 1. The topological polar surface area (TPSA) is 37.3 Å². The summed E-state index contributed by atoms with van der Waals surface area (Å²) in [7, 11) is 0. The molecule has 11 heavy (non-hydrogen) atoms. The normalized spacial score (nSPS) is 30.3. The number of carboxylic acid groups (broad SMARTS) is 1. The molecular weight excluding hydrogens is 140 g/mol. The van der Waals surface area contributed by atoms with Crippen molar-refractivity contribution in [2.24, 2.45) is 17.3 Å². The van der Waals surface area contributed by atoms with E-state index in [0.717, 1.165) is 5.57 Å². The Balaban J connectivity index is 2.70. The van der Waals surface area contributed by atoms with Gasteiger partial charge in [0.1, 0.15) is 0 Å². The fraction of sp³-hybridized carbons (Fsp3) is 0.667. The van der Waals surface area contributed by atoms with Crippen LogP contribution in [0, 0.1) is 17.3 Å². The van der Waals surface area contributed by atoms with Gasteiger partial charge in [0, 0.05) is 5.92 Å². The monoisotopic (exact) mass is 154 g/mol. The summed E-state index contributed by atoms with van der Waals surface area (Å²) in [5, 5.41) is 8.70. The standard InChI is InChI=1S/C9H14O2/c1-5-6(8(10)11)7(5)9(2,3)4/h6-7H,1H2,2-4H3,(H,10,11)/t6-,7-/m1/s1. The Bertz CT molecular complexity index is 210. The second-order valence-corrected chi connectivity index (χ2v) is 4.23. The van der Waals surface area contributed by atoms with Crippen molar-refractivity contribution >= 4 is 5.97 Å². The van der Waals surface area contributed by atoms with E-state index in [1.54, 1.807) is 0 Å². The summed E-state index contributed by atoms with van der Waals surface area (Å²) < 4.78 is 0. The van der Waals surface area contributed by atoms with Crippen LogP contribution in [-0.4, -0.2) is 11.1 Å². The molecule has 0 aliphatic heterocycles. The predicted octanol–water partition coefficient (Wildman–Crippen LogP) is 1.92. The van der Waals surface area contributed by atoms with Gasteiger partial charge in [-0.1, -0.05) is 32.9 Å². The molecule has 1 rings (SSSR count). The van der Waals surface area contributed by atoms with Gasteiger partial charge in [-0.25, -0.2) is 0 Å². The lowest BCUT2D eigenvalue weighted by molar-refractivity contribution is -0.138. The Morgan fingerprint density at radius 3 is 2.09 bits per heavy atom. The lowest BCUT2D eigenvalue weighted by atomic mass is 9.88. The average molecular weight is 154 g/mol. The fourth-order valence-electron chi connectivity index (χ4n) is 1.67. The van der Waals surface area contributed by atoms with Crippen LogP contribution >= 0.6 is 0 Å². The molecule has 0 heterocycles. The second-order valence-electron chi connectivity index (χ2n) is 4.23. The van der Waals surface area contributed by atoms with Gasteiger partial charge in [-0.15, -0.1) is 0 Å². The zero-order chi connectivity index (χ0) is 8.81. The number of hydrogen-bond donors (Lipinski definition) is 1. The van der Waals surface area contributed by atoms with Gasteiger partial charge < -0.3 is 5.11 Å². The van der Waals surface area contributed by atoms with Crippen LogP contribution in [0.5, 0.6) is 0 Å². The third kappa shape index (κ3) is 1.30. The lowest BCUT2D eigenvalue weighted by Crippen LogP contribution is -2.12. The molecule has 2 atom stereocenters. The Labute approximate surface area is 66.9 Å². The van der Waals surface area contributed by atoms with Crippen molar-refractivity contribution in [2.75, 3.05) is 0 Å². The molecule has 0 unspecified atom stereocenters. The molecule has 0 aromatic rings. The van der Waals surface area contributed by atoms with E-state index < -0.39 is 5.97 Å². The molecule has 0 bridgehead atoms. The second kappa shape index (κ2) is 2.10. The van der Waals surface area contributed by atoms with Gasteiger partial charge >= 0.3 is 5.97 Å². The van der Waals surface area contributed by atoms with Gasteiger partial charge in [0.25, 0.3) is 0 Å². The van der Waals surface area contributed by atoms with Gasteiger partial charge in [-0.2, -0.15) is 0 Å². The molecule has 1 fully saturated rings. The average Bonchev–Trinajstić information content (AvgIpc) is 2.38. The zero-order valence-electron chi connectivity index (χ0n) is 7.22. The smallest absolute Gasteiger partial charge is 0.311 e. The van der Waals surface area contributed by atoms with Crippen molar-refractivity contribution in [2.45, 2.75) is 20.8 Å². The van der Waals surface area contributed by atoms with E-state index in [-0.39, 0.29) is 17.3 Å². The van der Waals surface area contributed by atoms with Gasteiger partial charge in [-0.3, -0.25) is 4.79 Å². The number of rotatable bonds is 1. The maximum atomic E-state index is 10.6. The van der Waals surface area contributed by atoms with E-state index in [2.05, 4.69) is 6.58 Å². The van der Waals surface area contributed by atoms with E-state index in [1.807, 2.05) is 20.8 Å². The van der Waals surface area contributed by atoms with Crippen molar-refractivity contribution in [3.8, 4) is 0 Å². The first-order chi connectivity index (χ1) is 4.85. The van der Waals surface area contributed by atoms with Crippen LogP contribution in [0.1, 0.15) is 20.8 Å². The molecule has 0 amide bonds. The Hall–Kier alpha value is -0.790. The summed E-state index contributed by atoms with van der Waals surface area (Å²) >= 11 is 0. The highest BCUT2D eigenvalue weighted by molar-refractivity contribution is 5.80. The molecule has 1 N–H and O–H groups in total. The summed E-state index contributed by atoms with van der Waals surface area (Å²) in [4.78, 5) is 10.6. The number of aliphatic carboxylic acids is 1. The highest BCUT2D eigenvalue weighted by atomic mass is 16.4. The van der Waals surface area contributed by atoms with Crippen LogP contribution in [0.4, 0.5) is 0 Å². The highest BCUT2D eigenvalue weighted by Gasteiger charge is 2.53. The molecular formula is C9H14O2. The van der Waals surface area contributed by atoms with E-state index in [9.17, 15) is 4.79 Å². The zero-order valence-corrected chi connectivity index (χ0v) is 7.22. The first kappa shape index (κ1) is 8.31. The molecule has 1 aliphatic rings. The molecule has 0 aromatic heterocycles. The molecule has 0 saturated heterocycles. The minimum Gasteiger partial charge on any atom is -0.481 e. The molecule has 0 spiro atoms. The third-order valence-electron chi connectivity index (χ3n) is 2.22. The molecule has 1 saturated carbocycles. The molecule has 62 valence electrons. The van der Waals surface area contributed by atoms with E-state index >= 15 is 0 Å². The first-order valence-corrected chi connectivity index (χ1v) is 3.77. The molecule has 2 nitrogen and oxygen atoms in total. The van der Waals surface area contributed by atoms with Gasteiger partial charge in [0.2, 0.25) is 0 Å². The number of carboxylic acids is 1. The fourth-order valence-corrected chi connectivity index (χ4v) is 1.67. The van der Waals surface area contributed by atoms with E-state index in [0.29, 0.717) is 0 Å². The van der Waals surface area contributed by atoms with Gasteiger partial charge in [0.05, 0.1) is 5.92 Å². The minimum absolute atomic E-state index is 0.0557. The predicted molar refractivity (Wildman–Crippen MR) is 43.2 cm³/mol. The maximum Gasteiger partial charge on any atom is 0.311 e. The number of hydrogen-bond acceptors (Lipinski definition) is 1. The molecule has 2 heteroatoms. The Kier molecular flexibility index (Phi) is 1.58. The van der Waals surface area contributed by atoms with Crippen molar-refractivity contribution in [3.63, 3.8) is 0 Å². The SMILES string of the molecule is C=C1[C@@H](C(=O)O)[C@@H]1C(C)(C)C. The maximum absolute atomic E-state index is 10.6. The summed E-state index contributed by atoms with van der Waals surface area (Å²) in [5.41, 5.74) is 0.935. The van der Waals surface area contributed by atoms with E-state index in [4.69, 9.17) is 5.11 Å². The van der Waals surface area contributed by atoms with Crippen LogP contribution in [0.3, 0.4) is 0 Å². The Morgan fingerprint density at radius 1 is 1.55 bits per heavy atom. The first-order valence-electron chi connectivity index (χ1n) is 3.77. The van der Waals surface area contributed by atoms with Crippen molar-refractivity contribution in [3.05, 3.63) is 12.2 Å². The van der Waals surface area contributed by atoms with Crippen molar-refractivity contribution in [1.29, 1.82) is 0 Å².